The van der Waals surface area contributed by atoms with E-state index in [1.807, 2.05) is 6.07 Å². The summed E-state index contributed by atoms with van der Waals surface area (Å²) < 4.78 is 1.11. The van der Waals surface area contributed by atoms with Crippen LogP contribution >= 0.6 is 27.5 Å². The third-order valence-corrected chi connectivity index (χ3v) is 5.70. The molecule has 134 valence electrons. The second kappa shape index (κ2) is 8.57. The molecular formula is C21H26BrClN2. The highest BCUT2D eigenvalue weighted by atomic mass is 79.9. The minimum Gasteiger partial charge on any atom is -0.384 e. The summed E-state index contributed by atoms with van der Waals surface area (Å²) >= 11 is 9.91. The van der Waals surface area contributed by atoms with E-state index in [9.17, 15) is 0 Å². The van der Waals surface area contributed by atoms with Crippen molar-refractivity contribution in [2.75, 3.05) is 13.1 Å². The lowest BCUT2D eigenvalue weighted by molar-refractivity contribution is 0.288. The quantitative estimate of drug-likeness (QED) is 0.660. The van der Waals surface area contributed by atoms with Crippen molar-refractivity contribution in [2.45, 2.75) is 38.6 Å². The highest BCUT2D eigenvalue weighted by Crippen LogP contribution is 2.40. The Labute approximate surface area is 164 Å². The Morgan fingerprint density at radius 2 is 2.08 bits per heavy atom. The van der Waals surface area contributed by atoms with E-state index in [4.69, 9.17) is 11.6 Å². The standard InChI is InChI=1S/C21H26BrClN2/c1-14-4-3-9-25-21(14)20(16-7-10-24-11-8-16)19-6-5-18(23)13-17(19)12-15(2)22/h3-6,9,12-13,16,20-21,24-25H,7-8,10-11H2,1-2H3/b15-12+. The molecule has 4 heteroatoms. The maximum Gasteiger partial charge on any atom is 0.0540 e. The molecular weight excluding hydrogens is 396 g/mol. The molecule has 2 heterocycles. The van der Waals surface area contributed by atoms with Crippen molar-refractivity contribution in [1.82, 2.24) is 10.6 Å². The number of halogens is 2. The molecule has 1 aromatic carbocycles. The minimum absolute atomic E-state index is 0.331. The average Bonchev–Trinajstić information content (AvgIpc) is 2.59. The van der Waals surface area contributed by atoms with Gasteiger partial charge >= 0.3 is 0 Å². The Balaban J connectivity index is 2.06. The predicted octanol–water partition coefficient (Wildman–Crippen LogP) is 5.61. The summed E-state index contributed by atoms with van der Waals surface area (Å²) in [5.41, 5.74) is 4.00. The molecule has 0 aromatic heterocycles. The Hall–Kier alpha value is -1.03. The third-order valence-electron chi connectivity index (χ3n) is 5.23. The number of nitrogens with one attached hydrogen (secondary N) is 2. The van der Waals surface area contributed by atoms with E-state index in [1.165, 1.54) is 29.5 Å². The zero-order valence-electron chi connectivity index (χ0n) is 14.9. The molecule has 2 atom stereocenters. The fraction of sp³-hybridized carbons (Fsp3) is 0.429. The summed E-state index contributed by atoms with van der Waals surface area (Å²) in [6, 6.07) is 6.68. The smallest absolute Gasteiger partial charge is 0.0540 e. The lowest BCUT2D eigenvalue weighted by Gasteiger charge is -2.39. The van der Waals surface area contributed by atoms with Gasteiger partial charge in [-0.2, -0.15) is 0 Å². The number of dihydropyridines is 1. The SMILES string of the molecule is CC1=CC=CNC1C(c1ccc(Cl)cc1/C=C(\C)Br)C1CCNCC1. The molecule has 0 aliphatic carbocycles. The first-order valence-electron chi connectivity index (χ1n) is 8.99. The summed E-state index contributed by atoms with van der Waals surface area (Å²) in [5.74, 6) is 1.08. The van der Waals surface area contributed by atoms with Gasteiger partial charge in [-0.05, 0) is 91.8 Å². The summed E-state index contributed by atoms with van der Waals surface area (Å²) in [7, 11) is 0. The van der Waals surface area contributed by atoms with Crippen LogP contribution in [0.2, 0.25) is 5.02 Å². The maximum absolute atomic E-state index is 6.31. The molecule has 0 spiro atoms. The lowest BCUT2D eigenvalue weighted by Crippen LogP contribution is -2.41. The molecule has 25 heavy (non-hydrogen) atoms. The Morgan fingerprint density at radius 1 is 1.32 bits per heavy atom. The van der Waals surface area contributed by atoms with Crippen LogP contribution in [0.15, 0.2) is 46.6 Å². The van der Waals surface area contributed by atoms with Gasteiger partial charge in [-0.3, -0.25) is 0 Å². The van der Waals surface area contributed by atoms with E-state index in [0.717, 1.165) is 22.6 Å². The van der Waals surface area contributed by atoms with Crippen LogP contribution in [0.5, 0.6) is 0 Å². The second-order valence-electron chi connectivity index (χ2n) is 7.03. The number of hydrogen-bond acceptors (Lipinski definition) is 2. The normalized spacial score (nSPS) is 23.1. The van der Waals surface area contributed by atoms with Crippen LogP contribution in [0.25, 0.3) is 6.08 Å². The lowest BCUT2D eigenvalue weighted by atomic mass is 9.72. The van der Waals surface area contributed by atoms with Gasteiger partial charge in [0.25, 0.3) is 0 Å². The topological polar surface area (TPSA) is 24.1 Å². The van der Waals surface area contributed by atoms with E-state index >= 15 is 0 Å². The Morgan fingerprint density at radius 3 is 2.76 bits per heavy atom. The first-order valence-corrected chi connectivity index (χ1v) is 10.2. The summed E-state index contributed by atoms with van der Waals surface area (Å²) in [4.78, 5) is 0. The van der Waals surface area contributed by atoms with Gasteiger partial charge < -0.3 is 10.6 Å². The van der Waals surface area contributed by atoms with Crippen LogP contribution in [0.3, 0.4) is 0 Å². The van der Waals surface area contributed by atoms with E-state index < -0.39 is 0 Å². The minimum atomic E-state index is 0.331. The largest absolute Gasteiger partial charge is 0.384 e. The molecule has 2 aliphatic rings. The molecule has 0 amide bonds. The van der Waals surface area contributed by atoms with Gasteiger partial charge in [-0.25, -0.2) is 0 Å². The molecule has 1 aromatic rings. The van der Waals surface area contributed by atoms with Crippen molar-refractivity contribution in [3.63, 3.8) is 0 Å². The van der Waals surface area contributed by atoms with Crippen LogP contribution in [0.4, 0.5) is 0 Å². The van der Waals surface area contributed by atoms with Crippen LogP contribution in [-0.2, 0) is 0 Å². The summed E-state index contributed by atoms with van der Waals surface area (Å²) in [5, 5.41) is 7.92. The van der Waals surface area contributed by atoms with E-state index in [-0.39, 0.29) is 0 Å². The Kier molecular flexibility index (Phi) is 6.43. The Bertz CT molecular complexity index is 698. The first kappa shape index (κ1) is 18.8. The van der Waals surface area contributed by atoms with Crippen molar-refractivity contribution in [2.24, 2.45) is 5.92 Å². The number of hydrogen-bond donors (Lipinski definition) is 2. The van der Waals surface area contributed by atoms with Gasteiger partial charge in [0.1, 0.15) is 0 Å². The summed E-state index contributed by atoms with van der Waals surface area (Å²) in [6.07, 6.45) is 11.0. The van der Waals surface area contributed by atoms with Gasteiger partial charge in [0, 0.05) is 10.9 Å². The van der Waals surface area contributed by atoms with E-state index in [1.54, 1.807) is 0 Å². The van der Waals surface area contributed by atoms with Crippen LogP contribution < -0.4 is 10.6 Å². The van der Waals surface area contributed by atoms with Crippen molar-refractivity contribution in [1.29, 1.82) is 0 Å². The molecule has 0 radical (unpaired) electrons. The molecule has 0 saturated carbocycles. The number of benzene rings is 1. The van der Waals surface area contributed by atoms with E-state index in [0.29, 0.717) is 17.9 Å². The van der Waals surface area contributed by atoms with Crippen molar-refractivity contribution < 1.29 is 0 Å². The highest BCUT2D eigenvalue weighted by Gasteiger charge is 2.34. The van der Waals surface area contributed by atoms with Crippen molar-refractivity contribution in [3.05, 3.63) is 62.8 Å². The molecule has 2 aliphatic heterocycles. The first-order chi connectivity index (χ1) is 12.1. The monoisotopic (exact) mass is 420 g/mol. The molecule has 2 unspecified atom stereocenters. The maximum atomic E-state index is 6.31. The van der Waals surface area contributed by atoms with Gasteiger partial charge in [0.05, 0.1) is 6.04 Å². The zero-order chi connectivity index (χ0) is 17.8. The fourth-order valence-corrected chi connectivity index (χ4v) is 4.51. The number of allylic oxidation sites excluding steroid dienone is 3. The van der Waals surface area contributed by atoms with E-state index in [2.05, 4.69) is 77.0 Å². The van der Waals surface area contributed by atoms with Gasteiger partial charge in [0.15, 0.2) is 0 Å². The summed E-state index contributed by atoms with van der Waals surface area (Å²) in [6.45, 7) is 6.50. The fourth-order valence-electron chi connectivity index (χ4n) is 4.08. The van der Waals surface area contributed by atoms with Gasteiger partial charge in [-0.15, -0.1) is 0 Å². The van der Waals surface area contributed by atoms with Crippen LogP contribution in [0.1, 0.15) is 43.7 Å². The number of rotatable bonds is 4. The third kappa shape index (κ3) is 4.58. The molecule has 1 saturated heterocycles. The van der Waals surface area contributed by atoms with Crippen LogP contribution in [-0.4, -0.2) is 19.1 Å². The van der Waals surface area contributed by atoms with Crippen molar-refractivity contribution >= 4 is 33.6 Å². The molecule has 1 fully saturated rings. The molecule has 2 N–H and O–H groups in total. The average molecular weight is 422 g/mol. The van der Waals surface area contributed by atoms with Crippen LogP contribution in [0, 0.1) is 5.92 Å². The highest BCUT2D eigenvalue weighted by molar-refractivity contribution is 9.11. The zero-order valence-corrected chi connectivity index (χ0v) is 17.2. The van der Waals surface area contributed by atoms with Crippen molar-refractivity contribution in [3.8, 4) is 0 Å². The molecule has 2 nitrogen and oxygen atoms in total. The number of piperidine rings is 1. The van der Waals surface area contributed by atoms with Gasteiger partial charge in [0.2, 0.25) is 0 Å². The molecule has 0 bridgehead atoms. The second-order valence-corrected chi connectivity index (χ2v) is 8.72. The van der Waals surface area contributed by atoms with Gasteiger partial charge in [-0.1, -0.05) is 45.2 Å². The molecule has 3 rings (SSSR count). The predicted molar refractivity (Wildman–Crippen MR) is 112 cm³/mol.